The molecule has 0 saturated carbocycles. The molecule has 0 spiro atoms. The molecule has 0 saturated heterocycles. The van der Waals surface area contributed by atoms with Gasteiger partial charge in [0, 0.05) is 5.02 Å². The molecule has 0 radical (unpaired) electrons. The van der Waals surface area contributed by atoms with Gasteiger partial charge in [0.25, 0.3) is 0 Å². The molecule has 0 aliphatic heterocycles. The molecule has 0 N–H and O–H groups in total. The molecule has 0 bridgehead atoms. The first-order chi connectivity index (χ1) is 9.08. The minimum atomic E-state index is -0.537. The summed E-state index contributed by atoms with van der Waals surface area (Å²) in [7, 11) is 2.83. The first-order valence-corrected chi connectivity index (χ1v) is 5.80. The lowest BCUT2D eigenvalue weighted by Gasteiger charge is -2.09. The van der Waals surface area contributed by atoms with E-state index in [1.165, 1.54) is 11.8 Å². The topological polar surface area (TPSA) is 66.2 Å². The number of esters is 1. The van der Waals surface area contributed by atoms with E-state index in [2.05, 4.69) is 15.0 Å². The van der Waals surface area contributed by atoms with Gasteiger partial charge >= 0.3 is 5.97 Å². The van der Waals surface area contributed by atoms with E-state index in [1.54, 1.807) is 32.2 Å². The van der Waals surface area contributed by atoms with Crippen molar-refractivity contribution in [2.75, 3.05) is 14.2 Å². The van der Waals surface area contributed by atoms with E-state index in [4.69, 9.17) is 16.3 Å². The van der Waals surface area contributed by atoms with Crippen LogP contribution in [0.2, 0.25) is 5.02 Å². The summed E-state index contributed by atoms with van der Waals surface area (Å²) in [5.74, 6) is 0.0403. The van der Waals surface area contributed by atoms with Gasteiger partial charge in [-0.3, -0.25) is 0 Å². The van der Waals surface area contributed by atoms with Crippen LogP contribution in [0.4, 0.5) is 0 Å². The monoisotopic (exact) mass is 281 g/mol. The first kappa shape index (κ1) is 13.4. The van der Waals surface area contributed by atoms with E-state index >= 15 is 0 Å². The second-order valence-electron chi connectivity index (χ2n) is 3.74. The van der Waals surface area contributed by atoms with E-state index in [0.717, 1.165) is 0 Å². The van der Waals surface area contributed by atoms with Crippen LogP contribution in [0.25, 0.3) is 5.69 Å². The number of ether oxygens (including phenoxy) is 2. The molecule has 0 fully saturated rings. The Kier molecular flexibility index (Phi) is 3.71. The fraction of sp³-hybridized carbons (Fsp3) is 0.250. The van der Waals surface area contributed by atoms with Crippen LogP contribution in [0.5, 0.6) is 5.75 Å². The van der Waals surface area contributed by atoms with Gasteiger partial charge in [0.1, 0.15) is 11.4 Å². The second-order valence-corrected chi connectivity index (χ2v) is 4.18. The summed E-state index contributed by atoms with van der Waals surface area (Å²) in [6.07, 6.45) is 0. The normalized spacial score (nSPS) is 10.3. The zero-order valence-corrected chi connectivity index (χ0v) is 11.4. The van der Waals surface area contributed by atoms with Gasteiger partial charge < -0.3 is 9.47 Å². The van der Waals surface area contributed by atoms with Gasteiger partial charge in [-0.05, 0) is 25.1 Å². The van der Waals surface area contributed by atoms with Crippen molar-refractivity contribution in [3.63, 3.8) is 0 Å². The molecule has 0 aliphatic rings. The molecule has 2 aromatic rings. The molecule has 2 rings (SSSR count). The van der Waals surface area contributed by atoms with Crippen molar-refractivity contribution in [2.45, 2.75) is 6.92 Å². The number of carbonyl (C=O) groups is 1. The maximum Gasteiger partial charge on any atom is 0.360 e. The zero-order valence-electron chi connectivity index (χ0n) is 10.7. The maximum atomic E-state index is 11.5. The van der Waals surface area contributed by atoms with Crippen molar-refractivity contribution in [3.8, 4) is 11.4 Å². The van der Waals surface area contributed by atoms with Crippen LogP contribution in [0.1, 0.15) is 16.2 Å². The van der Waals surface area contributed by atoms with Crippen LogP contribution >= 0.6 is 11.6 Å². The summed E-state index contributed by atoms with van der Waals surface area (Å²) in [5.41, 5.74) is 1.31. The van der Waals surface area contributed by atoms with Crippen molar-refractivity contribution in [1.82, 2.24) is 15.0 Å². The lowest BCUT2D eigenvalue weighted by Crippen LogP contribution is -2.06. The maximum absolute atomic E-state index is 11.5. The summed E-state index contributed by atoms with van der Waals surface area (Å²) in [6, 6.07) is 5.11. The fourth-order valence-corrected chi connectivity index (χ4v) is 1.84. The molecule has 0 amide bonds. The zero-order chi connectivity index (χ0) is 14.0. The number of rotatable bonds is 3. The highest BCUT2D eigenvalue weighted by molar-refractivity contribution is 6.30. The minimum Gasteiger partial charge on any atom is -0.494 e. The third kappa shape index (κ3) is 2.39. The number of nitrogens with zero attached hydrogens (tertiary/aromatic N) is 3. The predicted molar refractivity (Wildman–Crippen MR) is 69.0 cm³/mol. The summed E-state index contributed by atoms with van der Waals surface area (Å²) in [5, 5.41) is 8.27. The SMILES string of the molecule is COC(=O)c1nnn(-c2cc(Cl)ccc2OC)c1C. The Balaban J connectivity index is 2.57. The third-order valence-electron chi connectivity index (χ3n) is 2.64. The largest absolute Gasteiger partial charge is 0.494 e. The van der Waals surface area contributed by atoms with Crippen LogP contribution in [-0.2, 0) is 4.74 Å². The van der Waals surface area contributed by atoms with Gasteiger partial charge in [0.15, 0.2) is 5.69 Å². The van der Waals surface area contributed by atoms with E-state index in [9.17, 15) is 4.79 Å². The number of benzene rings is 1. The van der Waals surface area contributed by atoms with Crippen molar-refractivity contribution < 1.29 is 14.3 Å². The van der Waals surface area contributed by atoms with Crippen LogP contribution < -0.4 is 4.74 Å². The van der Waals surface area contributed by atoms with Gasteiger partial charge in [-0.25, -0.2) is 9.48 Å². The Morgan fingerprint density at radius 1 is 1.37 bits per heavy atom. The Hall–Kier alpha value is -2.08. The predicted octanol–water partition coefficient (Wildman–Crippen LogP) is 2.02. The van der Waals surface area contributed by atoms with Gasteiger partial charge in [0.2, 0.25) is 0 Å². The van der Waals surface area contributed by atoms with Crippen molar-refractivity contribution in [3.05, 3.63) is 34.6 Å². The average molecular weight is 282 g/mol. The summed E-state index contributed by atoms with van der Waals surface area (Å²) in [4.78, 5) is 11.5. The van der Waals surface area contributed by atoms with E-state index in [0.29, 0.717) is 22.2 Å². The number of aromatic nitrogens is 3. The fourth-order valence-electron chi connectivity index (χ4n) is 1.67. The van der Waals surface area contributed by atoms with E-state index in [1.807, 2.05) is 0 Å². The van der Waals surface area contributed by atoms with Gasteiger partial charge in [-0.1, -0.05) is 16.8 Å². The highest BCUT2D eigenvalue weighted by Gasteiger charge is 2.19. The van der Waals surface area contributed by atoms with E-state index < -0.39 is 5.97 Å². The molecule has 100 valence electrons. The van der Waals surface area contributed by atoms with Gasteiger partial charge in [0.05, 0.1) is 19.9 Å². The summed E-state index contributed by atoms with van der Waals surface area (Å²) >= 11 is 5.96. The Bertz CT molecular complexity index is 625. The molecule has 6 nitrogen and oxygen atoms in total. The van der Waals surface area contributed by atoms with Crippen molar-refractivity contribution in [2.24, 2.45) is 0 Å². The van der Waals surface area contributed by atoms with Crippen LogP contribution in [-0.4, -0.2) is 35.2 Å². The summed E-state index contributed by atoms with van der Waals surface area (Å²) < 4.78 is 11.4. The number of halogens is 1. The van der Waals surface area contributed by atoms with Gasteiger partial charge in [-0.2, -0.15) is 0 Å². The third-order valence-corrected chi connectivity index (χ3v) is 2.88. The Morgan fingerprint density at radius 3 is 2.74 bits per heavy atom. The number of hydrogen-bond donors (Lipinski definition) is 0. The first-order valence-electron chi connectivity index (χ1n) is 5.43. The number of carbonyl (C=O) groups excluding carboxylic acids is 1. The molecule has 1 aromatic heterocycles. The molecule has 0 atom stereocenters. The molecule has 0 unspecified atom stereocenters. The average Bonchev–Trinajstić information content (AvgIpc) is 2.79. The molecular formula is C12H12ClN3O3. The van der Waals surface area contributed by atoms with Crippen LogP contribution in [0.3, 0.4) is 0 Å². The van der Waals surface area contributed by atoms with E-state index in [-0.39, 0.29) is 5.69 Å². The van der Waals surface area contributed by atoms with Crippen molar-refractivity contribution in [1.29, 1.82) is 0 Å². The highest BCUT2D eigenvalue weighted by atomic mass is 35.5. The van der Waals surface area contributed by atoms with Crippen LogP contribution in [0.15, 0.2) is 18.2 Å². The smallest absolute Gasteiger partial charge is 0.360 e. The molecule has 1 heterocycles. The Labute approximate surface area is 114 Å². The summed E-state index contributed by atoms with van der Waals surface area (Å²) in [6.45, 7) is 1.71. The lowest BCUT2D eigenvalue weighted by atomic mass is 10.2. The number of methoxy groups -OCH3 is 2. The molecule has 19 heavy (non-hydrogen) atoms. The van der Waals surface area contributed by atoms with Crippen molar-refractivity contribution >= 4 is 17.6 Å². The molecule has 7 heteroatoms. The molecule has 1 aromatic carbocycles. The quantitative estimate of drug-likeness (QED) is 0.805. The van der Waals surface area contributed by atoms with Crippen LogP contribution in [0, 0.1) is 6.92 Å². The standard InChI is InChI=1S/C12H12ClN3O3/c1-7-11(12(17)19-3)14-15-16(7)9-6-8(13)4-5-10(9)18-2/h4-6H,1-3H3. The second kappa shape index (κ2) is 5.27. The molecular weight excluding hydrogens is 270 g/mol. The Morgan fingerprint density at radius 2 is 2.11 bits per heavy atom. The van der Waals surface area contributed by atoms with Gasteiger partial charge in [-0.15, -0.1) is 5.10 Å². The highest BCUT2D eigenvalue weighted by Crippen LogP contribution is 2.27. The number of hydrogen-bond acceptors (Lipinski definition) is 5. The molecule has 0 aliphatic carbocycles. The lowest BCUT2D eigenvalue weighted by molar-refractivity contribution is 0.0593. The minimum absolute atomic E-state index is 0.157.